The summed E-state index contributed by atoms with van der Waals surface area (Å²) in [4.78, 5) is 22.2. The smallest absolute Gasteiger partial charge is 0.257 e. The Hall–Kier alpha value is -2.21. The van der Waals surface area contributed by atoms with E-state index in [-0.39, 0.29) is 17.4 Å². The highest BCUT2D eigenvalue weighted by Gasteiger charge is 2.47. The van der Waals surface area contributed by atoms with Crippen LogP contribution in [0.1, 0.15) is 63.2 Å². The van der Waals surface area contributed by atoms with Crippen LogP contribution < -0.4 is 0 Å². The molecule has 6 nitrogen and oxygen atoms in total. The Labute approximate surface area is 178 Å². The molecular weight excluding hydrogens is 376 g/mol. The third-order valence-corrected chi connectivity index (χ3v) is 7.59. The first kappa shape index (κ1) is 19.7. The van der Waals surface area contributed by atoms with Crippen molar-refractivity contribution in [1.29, 1.82) is 0 Å². The molecule has 2 aliphatic heterocycles. The predicted molar refractivity (Wildman–Crippen MR) is 115 cm³/mol. The van der Waals surface area contributed by atoms with Crippen molar-refractivity contribution < 1.29 is 9.32 Å². The molecule has 3 heterocycles. The Kier molecular flexibility index (Phi) is 5.35. The number of benzene rings is 1. The molecule has 3 fully saturated rings. The molecule has 1 aliphatic carbocycles. The van der Waals surface area contributed by atoms with E-state index in [0.29, 0.717) is 11.8 Å². The van der Waals surface area contributed by atoms with Crippen LogP contribution in [-0.4, -0.2) is 52.5 Å². The third-order valence-electron chi connectivity index (χ3n) is 7.59. The summed E-state index contributed by atoms with van der Waals surface area (Å²) in [6, 6.07) is 10.1. The summed E-state index contributed by atoms with van der Waals surface area (Å²) in [5, 5.41) is 4.32. The minimum Gasteiger partial charge on any atom is -0.342 e. The van der Waals surface area contributed by atoms with Crippen molar-refractivity contribution in [3.8, 4) is 11.5 Å². The maximum atomic E-state index is 12.9. The van der Waals surface area contributed by atoms with Crippen LogP contribution in [0.5, 0.6) is 0 Å². The summed E-state index contributed by atoms with van der Waals surface area (Å²) in [6.07, 6.45) is 9.11. The van der Waals surface area contributed by atoms with Crippen LogP contribution in [0, 0.1) is 11.3 Å². The fraction of sp³-hybridized carbons (Fsp3) is 0.625. The zero-order valence-electron chi connectivity index (χ0n) is 17.9. The van der Waals surface area contributed by atoms with Crippen LogP contribution in [0.15, 0.2) is 34.9 Å². The number of carbonyl (C=O) groups is 1. The van der Waals surface area contributed by atoms with E-state index in [1.54, 1.807) is 0 Å². The molecule has 30 heavy (non-hydrogen) atoms. The number of carbonyl (C=O) groups excluding carboxylic acids is 1. The SMILES string of the molecule is CN1CC2(CCN(C(=O)C3CCCCC3)CC2)CC1c1noc(-c2ccccc2)n1. The Morgan fingerprint density at radius 3 is 2.57 bits per heavy atom. The van der Waals surface area contributed by atoms with Crippen LogP contribution >= 0.6 is 0 Å². The quantitative estimate of drug-likeness (QED) is 0.758. The highest BCUT2D eigenvalue weighted by Crippen LogP contribution is 2.48. The van der Waals surface area contributed by atoms with E-state index in [1.807, 2.05) is 30.3 Å². The first-order chi connectivity index (χ1) is 14.6. The Morgan fingerprint density at radius 1 is 1.10 bits per heavy atom. The predicted octanol–water partition coefficient (Wildman–Crippen LogP) is 4.30. The molecule has 1 amide bonds. The Bertz CT molecular complexity index is 866. The molecule has 0 N–H and O–H groups in total. The summed E-state index contributed by atoms with van der Waals surface area (Å²) in [5.74, 6) is 2.07. The van der Waals surface area contributed by atoms with Gasteiger partial charge in [0.1, 0.15) is 0 Å². The van der Waals surface area contributed by atoms with Gasteiger partial charge in [-0.15, -0.1) is 0 Å². The van der Waals surface area contributed by atoms with Gasteiger partial charge in [-0.25, -0.2) is 0 Å². The normalized spacial score (nSPS) is 25.1. The summed E-state index contributed by atoms with van der Waals surface area (Å²) in [7, 11) is 2.16. The van der Waals surface area contributed by atoms with E-state index in [0.717, 1.165) is 63.1 Å². The topological polar surface area (TPSA) is 62.5 Å². The summed E-state index contributed by atoms with van der Waals surface area (Å²) in [6.45, 7) is 2.84. The van der Waals surface area contributed by atoms with Gasteiger partial charge in [-0.05, 0) is 56.7 Å². The van der Waals surface area contributed by atoms with E-state index < -0.39 is 0 Å². The van der Waals surface area contributed by atoms with Crippen molar-refractivity contribution in [1.82, 2.24) is 19.9 Å². The van der Waals surface area contributed by atoms with E-state index in [1.165, 1.54) is 19.3 Å². The van der Waals surface area contributed by atoms with Crippen molar-refractivity contribution in [3.63, 3.8) is 0 Å². The second-order valence-electron chi connectivity index (χ2n) is 9.62. The van der Waals surface area contributed by atoms with E-state index in [9.17, 15) is 4.79 Å². The average Bonchev–Trinajstić information content (AvgIpc) is 3.40. The maximum Gasteiger partial charge on any atom is 0.257 e. The molecule has 2 saturated heterocycles. The molecule has 0 radical (unpaired) electrons. The lowest BCUT2D eigenvalue weighted by molar-refractivity contribution is -0.138. The summed E-state index contributed by atoms with van der Waals surface area (Å²) in [5.41, 5.74) is 1.22. The molecule has 1 unspecified atom stereocenters. The number of hydrogen-bond donors (Lipinski definition) is 0. The van der Waals surface area contributed by atoms with Crippen LogP contribution in [0.4, 0.5) is 0 Å². The van der Waals surface area contributed by atoms with Gasteiger partial charge in [0.05, 0.1) is 6.04 Å². The maximum absolute atomic E-state index is 12.9. The first-order valence-corrected chi connectivity index (χ1v) is 11.5. The molecule has 2 aromatic rings. The highest BCUT2D eigenvalue weighted by atomic mass is 16.5. The van der Waals surface area contributed by atoms with Crippen molar-refractivity contribution in [2.24, 2.45) is 11.3 Å². The minimum atomic E-state index is 0.187. The number of nitrogens with zero attached hydrogens (tertiary/aromatic N) is 4. The van der Waals surface area contributed by atoms with Gasteiger partial charge in [-0.1, -0.05) is 42.6 Å². The molecule has 3 aliphatic rings. The van der Waals surface area contributed by atoms with Gasteiger partial charge in [-0.3, -0.25) is 9.69 Å². The molecule has 1 spiro atoms. The third kappa shape index (κ3) is 3.78. The van der Waals surface area contributed by atoms with E-state index >= 15 is 0 Å². The molecule has 160 valence electrons. The standard InChI is InChI=1S/C24H32N4O2/c1-27-17-24(12-14-28(15-13-24)23(29)19-10-6-3-7-11-19)16-20(27)21-25-22(30-26-21)18-8-4-2-5-9-18/h2,4-5,8-9,19-20H,3,6-7,10-17H2,1H3. The first-order valence-electron chi connectivity index (χ1n) is 11.5. The molecule has 5 rings (SSSR count). The lowest BCUT2D eigenvalue weighted by atomic mass is 9.76. The van der Waals surface area contributed by atoms with Gasteiger partial charge in [0.15, 0.2) is 5.82 Å². The number of piperidine rings is 1. The summed E-state index contributed by atoms with van der Waals surface area (Å²) < 4.78 is 5.56. The number of likely N-dealkylation sites (tertiary alicyclic amines) is 2. The van der Waals surface area contributed by atoms with Gasteiger partial charge in [0.2, 0.25) is 5.91 Å². The molecule has 1 aromatic carbocycles. The molecule has 1 saturated carbocycles. The van der Waals surface area contributed by atoms with Crippen LogP contribution in [0.25, 0.3) is 11.5 Å². The zero-order valence-corrected chi connectivity index (χ0v) is 17.9. The van der Waals surface area contributed by atoms with Crippen LogP contribution in [0.3, 0.4) is 0 Å². The van der Waals surface area contributed by atoms with Crippen molar-refractivity contribution in [2.45, 2.75) is 57.4 Å². The van der Waals surface area contributed by atoms with Crippen molar-refractivity contribution >= 4 is 5.91 Å². The second kappa shape index (κ2) is 8.14. The zero-order chi connectivity index (χ0) is 20.6. The lowest BCUT2D eigenvalue weighted by Crippen LogP contribution is -2.46. The van der Waals surface area contributed by atoms with Gasteiger partial charge in [0, 0.05) is 31.1 Å². The molecular formula is C24H32N4O2. The van der Waals surface area contributed by atoms with Gasteiger partial charge < -0.3 is 9.42 Å². The number of aromatic nitrogens is 2. The molecule has 6 heteroatoms. The van der Waals surface area contributed by atoms with Gasteiger partial charge in [-0.2, -0.15) is 4.98 Å². The highest BCUT2D eigenvalue weighted by molar-refractivity contribution is 5.79. The lowest BCUT2D eigenvalue weighted by Gasteiger charge is -2.40. The number of rotatable bonds is 3. The Balaban J connectivity index is 1.23. The van der Waals surface area contributed by atoms with Crippen LogP contribution in [0.2, 0.25) is 0 Å². The second-order valence-corrected chi connectivity index (χ2v) is 9.62. The molecule has 1 atom stereocenters. The fourth-order valence-corrected chi connectivity index (χ4v) is 5.80. The van der Waals surface area contributed by atoms with Gasteiger partial charge >= 0.3 is 0 Å². The molecule has 1 aromatic heterocycles. The largest absolute Gasteiger partial charge is 0.342 e. The monoisotopic (exact) mass is 408 g/mol. The summed E-state index contributed by atoms with van der Waals surface area (Å²) >= 11 is 0. The fourth-order valence-electron chi connectivity index (χ4n) is 5.80. The van der Waals surface area contributed by atoms with Crippen molar-refractivity contribution in [3.05, 3.63) is 36.2 Å². The number of hydrogen-bond acceptors (Lipinski definition) is 5. The minimum absolute atomic E-state index is 0.187. The molecule has 0 bridgehead atoms. The van der Waals surface area contributed by atoms with Crippen LogP contribution in [-0.2, 0) is 4.79 Å². The van der Waals surface area contributed by atoms with E-state index in [4.69, 9.17) is 9.51 Å². The van der Waals surface area contributed by atoms with Crippen molar-refractivity contribution in [2.75, 3.05) is 26.7 Å². The average molecular weight is 409 g/mol. The van der Waals surface area contributed by atoms with Gasteiger partial charge in [0.25, 0.3) is 5.89 Å². The Morgan fingerprint density at radius 2 is 1.83 bits per heavy atom. The van der Waals surface area contributed by atoms with E-state index in [2.05, 4.69) is 22.0 Å². The number of amides is 1.